The van der Waals surface area contributed by atoms with Gasteiger partial charge >= 0.3 is 5.97 Å². The van der Waals surface area contributed by atoms with Crippen LogP contribution in [0.25, 0.3) is 5.69 Å². The minimum Gasteiger partial charge on any atom is -0.452 e. The molecule has 0 fully saturated rings. The Hall–Kier alpha value is -3.55. The number of carbonyl (C=O) groups excluding carboxylic acids is 2. The summed E-state index contributed by atoms with van der Waals surface area (Å²) in [6, 6.07) is 12.4. The van der Waals surface area contributed by atoms with Gasteiger partial charge < -0.3 is 10.1 Å². The molecule has 144 valence electrons. The lowest BCUT2D eigenvalue weighted by atomic mass is 10.0. The van der Waals surface area contributed by atoms with Gasteiger partial charge in [0.15, 0.2) is 6.61 Å². The Morgan fingerprint density at radius 1 is 1.11 bits per heavy atom. The van der Waals surface area contributed by atoms with E-state index in [0.717, 1.165) is 11.1 Å². The van der Waals surface area contributed by atoms with Crippen LogP contribution in [0.15, 0.2) is 48.8 Å². The Labute approximate surface area is 162 Å². The maximum atomic E-state index is 12.1. The molecule has 3 aromatic rings. The number of hydrogen-bond acceptors (Lipinski definition) is 6. The number of aromatic nitrogens is 4. The summed E-state index contributed by atoms with van der Waals surface area (Å²) in [4.78, 5) is 24.2. The molecule has 1 aromatic heterocycles. The Balaban J connectivity index is 1.52. The average Bonchev–Trinajstić information content (AvgIpc) is 3.23. The molecule has 8 heteroatoms. The molecule has 0 aliphatic heterocycles. The van der Waals surface area contributed by atoms with Crippen molar-refractivity contribution < 1.29 is 14.3 Å². The number of hydrogen-bond donors (Lipinski definition) is 1. The number of nitrogens with zero attached hydrogens (tertiary/aromatic N) is 4. The highest BCUT2D eigenvalue weighted by Crippen LogP contribution is 2.16. The maximum absolute atomic E-state index is 12.1. The minimum absolute atomic E-state index is 0.180. The molecule has 1 amide bonds. The fraction of sp³-hybridized carbons (Fsp3) is 0.250. The second kappa shape index (κ2) is 8.43. The van der Waals surface area contributed by atoms with Crippen molar-refractivity contribution in [2.75, 3.05) is 6.61 Å². The summed E-state index contributed by atoms with van der Waals surface area (Å²) in [6.45, 7) is 5.61. The zero-order valence-corrected chi connectivity index (χ0v) is 15.9. The standard InChI is InChI=1S/C20H21N5O3/c1-13-4-5-17(10-14(13)2)15(3)22-19(26)11-28-20(27)16-6-8-18(9-7-16)25-12-21-23-24-25/h4-10,12,15H,11H2,1-3H3,(H,22,26). The molecule has 3 rings (SSSR count). The van der Waals surface area contributed by atoms with Crippen LogP contribution in [0.5, 0.6) is 0 Å². The van der Waals surface area contributed by atoms with Crippen LogP contribution in [0.4, 0.5) is 0 Å². The molecule has 2 aromatic carbocycles. The highest BCUT2D eigenvalue weighted by Gasteiger charge is 2.14. The highest BCUT2D eigenvalue weighted by molar-refractivity contribution is 5.91. The van der Waals surface area contributed by atoms with E-state index in [1.165, 1.54) is 16.6 Å². The lowest BCUT2D eigenvalue weighted by Gasteiger charge is -2.15. The lowest BCUT2D eigenvalue weighted by molar-refractivity contribution is -0.124. The molecule has 1 heterocycles. The number of ether oxygens (including phenoxy) is 1. The van der Waals surface area contributed by atoms with E-state index in [2.05, 4.69) is 20.8 Å². The topological polar surface area (TPSA) is 99.0 Å². The molecular weight excluding hydrogens is 358 g/mol. The van der Waals surface area contributed by atoms with Crippen LogP contribution in [0.2, 0.25) is 0 Å². The van der Waals surface area contributed by atoms with E-state index in [0.29, 0.717) is 11.3 Å². The lowest BCUT2D eigenvalue weighted by Crippen LogP contribution is -2.31. The van der Waals surface area contributed by atoms with E-state index in [4.69, 9.17) is 4.74 Å². The SMILES string of the molecule is Cc1ccc(C(C)NC(=O)COC(=O)c2ccc(-n3cnnn3)cc2)cc1C. The van der Waals surface area contributed by atoms with Crippen molar-refractivity contribution in [3.05, 3.63) is 71.0 Å². The van der Waals surface area contributed by atoms with Crippen LogP contribution in [0, 0.1) is 13.8 Å². The van der Waals surface area contributed by atoms with Gasteiger partial charge in [0.05, 0.1) is 17.3 Å². The summed E-state index contributed by atoms with van der Waals surface area (Å²) in [5.41, 5.74) is 4.41. The van der Waals surface area contributed by atoms with Gasteiger partial charge in [-0.15, -0.1) is 5.10 Å². The smallest absolute Gasteiger partial charge is 0.338 e. The first kappa shape index (κ1) is 19.2. The Kier molecular flexibility index (Phi) is 5.78. The first-order chi connectivity index (χ1) is 13.4. The second-order valence-electron chi connectivity index (χ2n) is 6.51. The summed E-state index contributed by atoms with van der Waals surface area (Å²) in [6.07, 6.45) is 1.45. The van der Waals surface area contributed by atoms with Gasteiger partial charge in [-0.05, 0) is 72.2 Å². The molecule has 0 radical (unpaired) electrons. The van der Waals surface area contributed by atoms with Gasteiger partial charge in [-0.3, -0.25) is 4.79 Å². The fourth-order valence-electron chi connectivity index (χ4n) is 2.64. The number of carbonyl (C=O) groups is 2. The van der Waals surface area contributed by atoms with Crippen LogP contribution >= 0.6 is 0 Å². The molecule has 0 aliphatic rings. The van der Waals surface area contributed by atoms with Crippen molar-refractivity contribution in [2.24, 2.45) is 0 Å². The average molecular weight is 379 g/mol. The quantitative estimate of drug-likeness (QED) is 0.660. The van der Waals surface area contributed by atoms with Gasteiger partial charge in [-0.2, -0.15) is 0 Å². The third kappa shape index (κ3) is 4.59. The normalized spacial score (nSPS) is 11.7. The Bertz CT molecular complexity index is 968. The molecule has 8 nitrogen and oxygen atoms in total. The van der Waals surface area contributed by atoms with Gasteiger partial charge in [0, 0.05) is 0 Å². The van der Waals surface area contributed by atoms with Gasteiger partial charge in [-0.1, -0.05) is 18.2 Å². The molecule has 0 bridgehead atoms. The first-order valence-electron chi connectivity index (χ1n) is 8.81. The van der Waals surface area contributed by atoms with Crippen molar-refractivity contribution in [3.8, 4) is 5.69 Å². The third-order valence-electron chi connectivity index (χ3n) is 4.46. The number of tetrazole rings is 1. The zero-order valence-electron chi connectivity index (χ0n) is 15.9. The van der Waals surface area contributed by atoms with Crippen LogP contribution in [0.3, 0.4) is 0 Å². The first-order valence-corrected chi connectivity index (χ1v) is 8.81. The highest BCUT2D eigenvalue weighted by atomic mass is 16.5. The zero-order chi connectivity index (χ0) is 20.1. The number of nitrogens with one attached hydrogen (secondary N) is 1. The Morgan fingerprint density at radius 2 is 1.86 bits per heavy atom. The summed E-state index contributed by atoms with van der Waals surface area (Å²) >= 11 is 0. The Morgan fingerprint density at radius 3 is 2.50 bits per heavy atom. The van der Waals surface area contributed by atoms with Crippen LogP contribution in [-0.2, 0) is 9.53 Å². The second-order valence-corrected chi connectivity index (χ2v) is 6.51. The third-order valence-corrected chi connectivity index (χ3v) is 4.46. The van der Waals surface area contributed by atoms with Crippen molar-refractivity contribution in [1.29, 1.82) is 0 Å². The predicted molar refractivity (Wildman–Crippen MR) is 102 cm³/mol. The van der Waals surface area contributed by atoms with Gasteiger partial charge in [0.1, 0.15) is 6.33 Å². The summed E-state index contributed by atoms with van der Waals surface area (Å²) < 4.78 is 6.57. The van der Waals surface area contributed by atoms with Crippen molar-refractivity contribution in [2.45, 2.75) is 26.8 Å². The summed E-state index contributed by atoms with van der Waals surface area (Å²) in [5, 5.41) is 13.7. The molecule has 1 N–H and O–H groups in total. The number of esters is 1. The summed E-state index contributed by atoms with van der Waals surface area (Å²) in [7, 11) is 0. The van der Waals surface area contributed by atoms with Gasteiger partial charge in [-0.25, -0.2) is 9.48 Å². The van der Waals surface area contributed by atoms with Crippen LogP contribution in [0.1, 0.15) is 40.0 Å². The number of amides is 1. The van der Waals surface area contributed by atoms with Crippen molar-refractivity contribution >= 4 is 11.9 Å². The predicted octanol–water partition coefficient (Wildman–Crippen LogP) is 2.31. The molecule has 1 atom stereocenters. The van der Waals surface area contributed by atoms with E-state index >= 15 is 0 Å². The molecule has 0 saturated carbocycles. The van der Waals surface area contributed by atoms with Crippen molar-refractivity contribution in [1.82, 2.24) is 25.5 Å². The van der Waals surface area contributed by atoms with E-state index in [9.17, 15) is 9.59 Å². The monoisotopic (exact) mass is 379 g/mol. The number of benzene rings is 2. The fourth-order valence-corrected chi connectivity index (χ4v) is 2.64. The van der Waals surface area contributed by atoms with Gasteiger partial charge in [0.2, 0.25) is 0 Å². The number of aryl methyl sites for hydroxylation is 2. The molecule has 28 heavy (non-hydrogen) atoms. The maximum Gasteiger partial charge on any atom is 0.338 e. The largest absolute Gasteiger partial charge is 0.452 e. The molecular formula is C20H21N5O3. The molecule has 0 spiro atoms. The molecule has 0 aliphatic carbocycles. The van der Waals surface area contributed by atoms with Crippen LogP contribution < -0.4 is 5.32 Å². The van der Waals surface area contributed by atoms with Gasteiger partial charge in [0.25, 0.3) is 5.91 Å². The molecule has 1 unspecified atom stereocenters. The molecule has 0 saturated heterocycles. The van der Waals surface area contributed by atoms with E-state index in [-0.39, 0.29) is 18.6 Å². The van der Waals surface area contributed by atoms with E-state index < -0.39 is 5.97 Å². The summed E-state index contributed by atoms with van der Waals surface area (Å²) in [5.74, 6) is -0.929. The van der Waals surface area contributed by atoms with E-state index in [1.807, 2.05) is 39.0 Å². The minimum atomic E-state index is -0.572. The van der Waals surface area contributed by atoms with Crippen molar-refractivity contribution in [3.63, 3.8) is 0 Å². The van der Waals surface area contributed by atoms with Crippen LogP contribution in [-0.4, -0.2) is 38.7 Å². The van der Waals surface area contributed by atoms with E-state index in [1.54, 1.807) is 24.3 Å². The number of rotatable bonds is 6.